The molecule has 0 radical (unpaired) electrons. The van der Waals surface area contributed by atoms with E-state index in [1.807, 2.05) is 25.1 Å². The van der Waals surface area contributed by atoms with Gasteiger partial charge in [0.2, 0.25) is 11.8 Å². The molecule has 25 heavy (non-hydrogen) atoms. The summed E-state index contributed by atoms with van der Waals surface area (Å²) in [6.07, 6.45) is 0.230. The lowest BCUT2D eigenvalue weighted by Crippen LogP contribution is -2.40. The van der Waals surface area contributed by atoms with Gasteiger partial charge in [-0.05, 0) is 37.3 Å². The van der Waals surface area contributed by atoms with E-state index in [4.69, 9.17) is 11.6 Å². The fourth-order valence-corrected chi connectivity index (χ4v) is 3.79. The normalized spacial score (nSPS) is 16.8. The minimum absolute atomic E-state index is 0.0285. The third-order valence-electron chi connectivity index (χ3n) is 3.88. The fourth-order valence-electron chi connectivity index (χ4n) is 2.75. The van der Waals surface area contributed by atoms with Crippen LogP contribution in [0.3, 0.4) is 0 Å². The first-order chi connectivity index (χ1) is 12.0. The summed E-state index contributed by atoms with van der Waals surface area (Å²) in [6.45, 7) is 1.85. The lowest BCUT2D eigenvalue weighted by Gasteiger charge is -2.27. The number of para-hydroxylation sites is 2. The van der Waals surface area contributed by atoms with Crippen molar-refractivity contribution >= 4 is 46.6 Å². The zero-order valence-corrected chi connectivity index (χ0v) is 15.0. The summed E-state index contributed by atoms with van der Waals surface area (Å²) in [5, 5.41) is 2.85. The smallest absolute Gasteiger partial charge is 0.237 e. The third kappa shape index (κ3) is 3.96. The molecule has 2 amide bonds. The molecular formula is C18H16ClFN2O2S. The molecule has 2 aromatic carbocycles. The number of fused-ring (bicyclic) bond motifs is 1. The van der Waals surface area contributed by atoms with Crippen molar-refractivity contribution in [3.05, 3.63) is 53.3 Å². The van der Waals surface area contributed by atoms with E-state index in [9.17, 15) is 14.0 Å². The molecule has 7 heteroatoms. The predicted octanol–water partition coefficient (Wildman–Crippen LogP) is 4.34. The van der Waals surface area contributed by atoms with Crippen LogP contribution in [0, 0.1) is 5.82 Å². The Morgan fingerprint density at radius 1 is 1.36 bits per heavy atom. The number of hydrogen-bond acceptors (Lipinski definition) is 3. The Hall–Kier alpha value is -2.05. The summed E-state index contributed by atoms with van der Waals surface area (Å²) in [7, 11) is 0. The Morgan fingerprint density at radius 2 is 2.12 bits per heavy atom. The first-order valence-corrected chi connectivity index (χ1v) is 9.11. The van der Waals surface area contributed by atoms with Crippen molar-refractivity contribution in [2.24, 2.45) is 0 Å². The monoisotopic (exact) mass is 378 g/mol. The molecule has 1 aliphatic heterocycles. The maximum Gasteiger partial charge on any atom is 0.237 e. The molecule has 3 rings (SSSR count). The molecule has 0 fully saturated rings. The summed E-state index contributed by atoms with van der Waals surface area (Å²) in [4.78, 5) is 27.1. The van der Waals surface area contributed by atoms with Crippen molar-refractivity contribution in [2.75, 3.05) is 16.0 Å². The van der Waals surface area contributed by atoms with Crippen LogP contribution >= 0.6 is 23.4 Å². The summed E-state index contributed by atoms with van der Waals surface area (Å²) in [5.41, 5.74) is 1.31. The van der Waals surface area contributed by atoms with E-state index in [1.54, 1.807) is 17.0 Å². The predicted molar refractivity (Wildman–Crippen MR) is 98.8 cm³/mol. The van der Waals surface area contributed by atoms with Gasteiger partial charge in [0.05, 0.1) is 22.2 Å². The van der Waals surface area contributed by atoms with Crippen LogP contribution in [-0.2, 0) is 9.59 Å². The van der Waals surface area contributed by atoms with Crippen LogP contribution in [0.5, 0.6) is 0 Å². The minimum Gasteiger partial charge on any atom is -0.324 e. The van der Waals surface area contributed by atoms with Gasteiger partial charge in [0, 0.05) is 17.4 Å². The van der Waals surface area contributed by atoms with E-state index in [-0.39, 0.29) is 35.1 Å². The molecule has 1 aliphatic rings. The highest BCUT2D eigenvalue weighted by molar-refractivity contribution is 8.00. The Morgan fingerprint density at radius 3 is 2.88 bits per heavy atom. The highest BCUT2D eigenvalue weighted by Crippen LogP contribution is 2.32. The number of thioether (sulfide) groups is 1. The van der Waals surface area contributed by atoms with Crippen molar-refractivity contribution < 1.29 is 14.0 Å². The highest BCUT2D eigenvalue weighted by Gasteiger charge is 2.29. The van der Waals surface area contributed by atoms with Gasteiger partial charge in [0.15, 0.2) is 0 Å². The average Bonchev–Trinajstić information content (AvgIpc) is 2.70. The maximum atomic E-state index is 13.2. The van der Waals surface area contributed by atoms with Gasteiger partial charge in [-0.1, -0.05) is 23.7 Å². The highest BCUT2D eigenvalue weighted by atomic mass is 35.5. The number of amides is 2. The van der Waals surface area contributed by atoms with E-state index in [0.717, 1.165) is 0 Å². The van der Waals surface area contributed by atoms with Crippen LogP contribution in [0.2, 0.25) is 5.02 Å². The van der Waals surface area contributed by atoms with E-state index in [0.29, 0.717) is 16.3 Å². The zero-order valence-electron chi connectivity index (χ0n) is 13.5. The lowest BCUT2D eigenvalue weighted by atomic mass is 10.2. The minimum atomic E-state index is -0.489. The fraction of sp³-hybridized carbons (Fsp3) is 0.222. The second-order valence-corrected chi connectivity index (χ2v) is 7.20. The van der Waals surface area contributed by atoms with Gasteiger partial charge in [0.1, 0.15) is 5.82 Å². The molecule has 0 aliphatic carbocycles. The third-order valence-corrected chi connectivity index (χ3v) is 5.15. The zero-order chi connectivity index (χ0) is 18.0. The van der Waals surface area contributed by atoms with Gasteiger partial charge >= 0.3 is 0 Å². The summed E-state index contributed by atoms with van der Waals surface area (Å²) in [6, 6.07) is 11.3. The SMILES string of the molecule is C[C@@H]1CC(=O)Nc2ccccc2N1C(=O)CSc1ccc(F)c(Cl)c1. The molecule has 1 atom stereocenters. The van der Waals surface area contributed by atoms with Crippen LogP contribution in [0.4, 0.5) is 15.8 Å². The second kappa shape index (κ2) is 7.45. The number of nitrogens with zero attached hydrogens (tertiary/aromatic N) is 1. The molecule has 0 saturated carbocycles. The summed E-state index contributed by atoms with van der Waals surface area (Å²) >= 11 is 7.06. The lowest BCUT2D eigenvalue weighted by molar-refractivity contribution is -0.117. The molecule has 0 aromatic heterocycles. The van der Waals surface area contributed by atoms with Gasteiger partial charge < -0.3 is 10.2 Å². The Labute approximate surface area is 154 Å². The topological polar surface area (TPSA) is 49.4 Å². The van der Waals surface area contributed by atoms with Crippen LogP contribution in [-0.4, -0.2) is 23.6 Å². The van der Waals surface area contributed by atoms with Crippen molar-refractivity contribution in [1.29, 1.82) is 0 Å². The van der Waals surface area contributed by atoms with E-state index in [2.05, 4.69) is 5.32 Å². The van der Waals surface area contributed by atoms with Crippen LogP contribution < -0.4 is 10.2 Å². The number of rotatable bonds is 3. The second-order valence-electron chi connectivity index (χ2n) is 5.75. The van der Waals surface area contributed by atoms with Gasteiger partial charge in [-0.15, -0.1) is 11.8 Å². The van der Waals surface area contributed by atoms with Crippen LogP contribution in [0.15, 0.2) is 47.4 Å². The molecule has 130 valence electrons. The van der Waals surface area contributed by atoms with Crippen molar-refractivity contribution in [2.45, 2.75) is 24.3 Å². The van der Waals surface area contributed by atoms with Crippen LogP contribution in [0.1, 0.15) is 13.3 Å². The van der Waals surface area contributed by atoms with Gasteiger partial charge in [-0.25, -0.2) is 4.39 Å². The van der Waals surface area contributed by atoms with Gasteiger partial charge in [0.25, 0.3) is 0 Å². The average molecular weight is 379 g/mol. The number of halogens is 2. The van der Waals surface area contributed by atoms with E-state index in [1.165, 1.54) is 23.9 Å². The van der Waals surface area contributed by atoms with Gasteiger partial charge in [-0.3, -0.25) is 9.59 Å². The Kier molecular flexibility index (Phi) is 5.30. The van der Waals surface area contributed by atoms with Gasteiger partial charge in [-0.2, -0.15) is 0 Å². The molecule has 2 aromatic rings. The quantitative estimate of drug-likeness (QED) is 0.808. The molecular weight excluding hydrogens is 363 g/mol. The molecule has 4 nitrogen and oxygen atoms in total. The Balaban J connectivity index is 1.80. The van der Waals surface area contributed by atoms with Crippen molar-refractivity contribution in [3.63, 3.8) is 0 Å². The van der Waals surface area contributed by atoms with E-state index >= 15 is 0 Å². The summed E-state index contributed by atoms with van der Waals surface area (Å²) in [5.74, 6) is -0.568. The van der Waals surface area contributed by atoms with E-state index < -0.39 is 5.82 Å². The number of anilines is 2. The molecule has 1 heterocycles. The number of carbonyl (C=O) groups is 2. The molecule has 1 N–H and O–H groups in total. The molecule has 0 bridgehead atoms. The molecule has 0 saturated heterocycles. The molecule has 0 unspecified atom stereocenters. The Bertz CT molecular complexity index is 830. The first-order valence-electron chi connectivity index (χ1n) is 7.74. The number of nitrogens with one attached hydrogen (secondary N) is 1. The van der Waals surface area contributed by atoms with Crippen molar-refractivity contribution in [1.82, 2.24) is 0 Å². The largest absolute Gasteiger partial charge is 0.324 e. The standard InChI is InChI=1S/C18H16ClFN2O2S/c1-11-8-17(23)21-15-4-2-3-5-16(15)22(11)18(24)10-25-12-6-7-14(20)13(19)9-12/h2-7,9,11H,8,10H2,1H3,(H,21,23)/t11-/m1/s1. The first kappa shape index (κ1) is 17.8. The van der Waals surface area contributed by atoms with Crippen molar-refractivity contribution in [3.8, 4) is 0 Å². The number of carbonyl (C=O) groups excluding carboxylic acids is 2. The van der Waals surface area contributed by atoms with Crippen LogP contribution in [0.25, 0.3) is 0 Å². The molecule has 0 spiro atoms. The maximum absolute atomic E-state index is 13.2. The number of benzene rings is 2. The number of hydrogen-bond donors (Lipinski definition) is 1. The summed E-state index contributed by atoms with van der Waals surface area (Å²) < 4.78 is 13.2.